The maximum Gasteiger partial charge on any atom is 0.262 e. The Morgan fingerprint density at radius 1 is 0.935 bits per heavy atom. The van der Waals surface area contributed by atoms with Crippen molar-refractivity contribution in [2.24, 2.45) is 0 Å². The molecule has 1 heterocycles. The lowest BCUT2D eigenvalue weighted by molar-refractivity contribution is -0.118. The quantitative estimate of drug-likeness (QED) is 0.623. The highest BCUT2D eigenvalue weighted by atomic mass is 16.7. The van der Waals surface area contributed by atoms with Gasteiger partial charge in [-0.05, 0) is 55.3 Å². The van der Waals surface area contributed by atoms with Crippen LogP contribution in [0.3, 0.4) is 0 Å². The number of ether oxygens (including phenoxy) is 3. The molecule has 2 amide bonds. The Balaban J connectivity index is 1.42. The number of para-hydroxylation sites is 1. The summed E-state index contributed by atoms with van der Waals surface area (Å²) in [5.41, 5.74) is 3.29. The van der Waals surface area contributed by atoms with E-state index in [2.05, 4.69) is 10.6 Å². The molecule has 7 heteroatoms. The van der Waals surface area contributed by atoms with Gasteiger partial charge in [0, 0.05) is 11.8 Å². The highest BCUT2D eigenvalue weighted by Gasteiger charge is 2.17. The fourth-order valence-corrected chi connectivity index (χ4v) is 3.16. The van der Waals surface area contributed by atoms with Crippen LogP contribution in [-0.2, 0) is 4.79 Å². The number of amides is 2. The Morgan fingerprint density at radius 3 is 2.61 bits per heavy atom. The van der Waals surface area contributed by atoms with E-state index in [0.717, 1.165) is 11.1 Å². The van der Waals surface area contributed by atoms with Crippen molar-refractivity contribution in [3.8, 4) is 17.2 Å². The molecule has 1 aliphatic rings. The first-order chi connectivity index (χ1) is 15.0. The maximum atomic E-state index is 12.8. The molecule has 0 radical (unpaired) electrons. The van der Waals surface area contributed by atoms with Crippen molar-refractivity contribution in [3.05, 3.63) is 77.4 Å². The largest absolute Gasteiger partial charge is 0.483 e. The molecule has 7 nitrogen and oxygen atoms in total. The summed E-state index contributed by atoms with van der Waals surface area (Å²) in [7, 11) is 0. The van der Waals surface area contributed by atoms with E-state index in [1.165, 1.54) is 0 Å². The molecule has 158 valence electrons. The lowest BCUT2D eigenvalue weighted by Gasteiger charge is -2.13. The number of aryl methyl sites for hydroxylation is 2. The summed E-state index contributed by atoms with van der Waals surface area (Å²) in [6.07, 6.45) is 0. The lowest BCUT2D eigenvalue weighted by atomic mass is 10.1. The van der Waals surface area contributed by atoms with Crippen LogP contribution in [0.4, 0.5) is 11.4 Å². The molecule has 0 bridgehead atoms. The van der Waals surface area contributed by atoms with Gasteiger partial charge in [-0.15, -0.1) is 0 Å². The van der Waals surface area contributed by atoms with Gasteiger partial charge in [-0.25, -0.2) is 0 Å². The molecule has 31 heavy (non-hydrogen) atoms. The van der Waals surface area contributed by atoms with Crippen LogP contribution in [0.1, 0.15) is 21.5 Å². The zero-order chi connectivity index (χ0) is 21.8. The van der Waals surface area contributed by atoms with E-state index in [0.29, 0.717) is 34.2 Å². The smallest absolute Gasteiger partial charge is 0.262 e. The molecule has 0 aromatic heterocycles. The van der Waals surface area contributed by atoms with E-state index in [1.54, 1.807) is 42.5 Å². The van der Waals surface area contributed by atoms with Gasteiger partial charge in [0.05, 0.1) is 11.3 Å². The SMILES string of the molecule is Cc1ccc(C)c(OCC(=O)Nc2ccccc2C(=O)Nc2ccc3c(c2)OCO3)c1. The van der Waals surface area contributed by atoms with Crippen molar-refractivity contribution in [1.29, 1.82) is 0 Å². The predicted molar refractivity (Wildman–Crippen MR) is 117 cm³/mol. The molecule has 0 saturated heterocycles. The van der Waals surface area contributed by atoms with Gasteiger partial charge in [0.25, 0.3) is 11.8 Å². The minimum Gasteiger partial charge on any atom is -0.483 e. The number of rotatable bonds is 6. The molecular weight excluding hydrogens is 396 g/mol. The van der Waals surface area contributed by atoms with Gasteiger partial charge in [-0.3, -0.25) is 9.59 Å². The summed E-state index contributed by atoms with van der Waals surface area (Å²) in [5.74, 6) is 1.15. The van der Waals surface area contributed by atoms with Crippen LogP contribution in [0.5, 0.6) is 17.2 Å². The van der Waals surface area contributed by atoms with Gasteiger partial charge in [-0.2, -0.15) is 0 Å². The first kappa shape index (κ1) is 20.3. The van der Waals surface area contributed by atoms with Crippen LogP contribution < -0.4 is 24.8 Å². The van der Waals surface area contributed by atoms with Gasteiger partial charge < -0.3 is 24.8 Å². The third-order valence-corrected chi connectivity index (χ3v) is 4.78. The van der Waals surface area contributed by atoms with Crippen molar-refractivity contribution in [2.75, 3.05) is 24.0 Å². The molecular formula is C24H22N2O5. The van der Waals surface area contributed by atoms with Crippen molar-refractivity contribution < 1.29 is 23.8 Å². The zero-order valence-electron chi connectivity index (χ0n) is 17.2. The first-order valence-electron chi connectivity index (χ1n) is 9.79. The summed E-state index contributed by atoms with van der Waals surface area (Å²) in [6, 6.07) is 17.8. The highest BCUT2D eigenvalue weighted by Crippen LogP contribution is 2.34. The highest BCUT2D eigenvalue weighted by molar-refractivity contribution is 6.10. The number of fused-ring (bicyclic) bond motifs is 1. The average molecular weight is 418 g/mol. The Labute approximate surface area is 179 Å². The number of anilines is 2. The summed E-state index contributed by atoms with van der Waals surface area (Å²) in [4.78, 5) is 25.3. The van der Waals surface area contributed by atoms with Gasteiger partial charge in [0.15, 0.2) is 18.1 Å². The fraction of sp³-hybridized carbons (Fsp3) is 0.167. The Kier molecular flexibility index (Phi) is 5.75. The predicted octanol–water partition coefficient (Wildman–Crippen LogP) is 4.30. The molecule has 0 spiro atoms. The molecule has 1 aliphatic heterocycles. The van der Waals surface area contributed by atoms with Crippen LogP contribution in [0.25, 0.3) is 0 Å². The van der Waals surface area contributed by atoms with Gasteiger partial charge in [0.1, 0.15) is 5.75 Å². The number of hydrogen-bond donors (Lipinski definition) is 2. The molecule has 0 aliphatic carbocycles. The van der Waals surface area contributed by atoms with E-state index >= 15 is 0 Å². The van der Waals surface area contributed by atoms with Crippen LogP contribution >= 0.6 is 0 Å². The van der Waals surface area contributed by atoms with Crippen molar-refractivity contribution in [1.82, 2.24) is 0 Å². The topological polar surface area (TPSA) is 85.9 Å². The Bertz CT molecular complexity index is 1140. The van der Waals surface area contributed by atoms with Crippen LogP contribution in [0.15, 0.2) is 60.7 Å². The summed E-state index contributed by atoms with van der Waals surface area (Å²) in [6.45, 7) is 3.87. The average Bonchev–Trinajstić information content (AvgIpc) is 3.22. The van der Waals surface area contributed by atoms with Crippen LogP contribution in [0, 0.1) is 13.8 Å². The van der Waals surface area contributed by atoms with Crippen molar-refractivity contribution in [2.45, 2.75) is 13.8 Å². The second-order valence-electron chi connectivity index (χ2n) is 7.17. The normalized spacial score (nSPS) is 11.7. The third-order valence-electron chi connectivity index (χ3n) is 4.78. The van der Waals surface area contributed by atoms with E-state index in [9.17, 15) is 9.59 Å². The Morgan fingerprint density at radius 2 is 1.74 bits per heavy atom. The third kappa shape index (κ3) is 4.78. The number of benzene rings is 3. The van der Waals surface area contributed by atoms with Gasteiger partial charge >= 0.3 is 0 Å². The Hall–Kier alpha value is -4.00. The molecule has 3 aromatic rings. The van der Waals surface area contributed by atoms with Gasteiger partial charge in [-0.1, -0.05) is 24.3 Å². The van der Waals surface area contributed by atoms with Crippen molar-refractivity contribution in [3.63, 3.8) is 0 Å². The van der Waals surface area contributed by atoms with E-state index < -0.39 is 0 Å². The van der Waals surface area contributed by atoms with Crippen LogP contribution in [0.2, 0.25) is 0 Å². The van der Waals surface area contributed by atoms with E-state index in [1.807, 2.05) is 32.0 Å². The monoisotopic (exact) mass is 418 g/mol. The van der Waals surface area contributed by atoms with E-state index in [-0.39, 0.29) is 25.2 Å². The first-order valence-corrected chi connectivity index (χ1v) is 9.79. The minimum absolute atomic E-state index is 0.158. The summed E-state index contributed by atoms with van der Waals surface area (Å²) in [5, 5.41) is 5.57. The fourth-order valence-electron chi connectivity index (χ4n) is 3.16. The lowest BCUT2D eigenvalue weighted by Crippen LogP contribution is -2.23. The number of hydrogen-bond acceptors (Lipinski definition) is 5. The van der Waals surface area contributed by atoms with Gasteiger partial charge in [0.2, 0.25) is 6.79 Å². The molecule has 4 rings (SSSR count). The molecule has 3 aromatic carbocycles. The molecule has 0 atom stereocenters. The molecule has 0 saturated carbocycles. The summed E-state index contributed by atoms with van der Waals surface area (Å²) >= 11 is 0. The standard InChI is InChI=1S/C24H22N2O5/c1-15-7-8-16(2)21(11-15)29-13-23(27)26-19-6-4-3-5-18(19)24(28)25-17-9-10-20-22(12-17)31-14-30-20/h3-12H,13-14H2,1-2H3,(H,25,28)(H,26,27). The number of nitrogens with one attached hydrogen (secondary N) is 2. The number of carbonyl (C=O) groups is 2. The number of carbonyl (C=O) groups excluding carboxylic acids is 2. The van der Waals surface area contributed by atoms with E-state index in [4.69, 9.17) is 14.2 Å². The zero-order valence-corrected chi connectivity index (χ0v) is 17.2. The second-order valence-corrected chi connectivity index (χ2v) is 7.17. The molecule has 2 N–H and O–H groups in total. The van der Waals surface area contributed by atoms with Crippen molar-refractivity contribution >= 4 is 23.2 Å². The second kappa shape index (κ2) is 8.79. The minimum atomic E-state index is -0.357. The molecule has 0 unspecified atom stereocenters. The summed E-state index contributed by atoms with van der Waals surface area (Å²) < 4.78 is 16.3. The van der Waals surface area contributed by atoms with Crippen LogP contribution in [-0.4, -0.2) is 25.2 Å². The molecule has 0 fully saturated rings. The maximum absolute atomic E-state index is 12.8.